The van der Waals surface area contributed by atoms with Gasteiger partial charge in [0.25, 0.3) is 0 Å². The van der Waals surface area contributed by atoms with E-state index in [9.17, 15) is 4.39 Å². The summed E-state index contributed by atoms with van der Waals surface area (Å²) in [6.45, 7) is 3.53. The summed E-state index contributed by atoms with van der Waals surface area (Å²) in [5.41, 5.74) is 0.943. The van der Waals surface area contributed by atoms with Crippen molar-refractivity contribution in [1.82, 2.24) is 15.5 Å². The Hall–Kier alpha value is -1.18. The zero-order valence-electron chi connectivity index (χ0n) is 11.7. The molecule has 0 radical (unpaired) electrons. The lowest BCUT2D eigenvalue weighted by Crippen LogP contribution is -2.12. The maximum Gasteiger partial charge on any atom is 0.208 e. The first kappa shape index (κ1) is 15.2. The maximum atomic E-state index is 13.4. The summed E-state index contributed by atoms with van der Waals surface area (Å²) in [5, 5.41) is 12.3. The van der Waals surface area contributed by atoms with E-state index in [1.165, 1.54) is 29.2 Å². The van der Waals surface area contributed by atoms with Crippen LogP contribution in [0.15, 0.2) is 27.4 Å². The number of halogens is 1. The zero-order chi connectivity index (χ0) is 14.5. The molecule has 0 bridgehead atoms. The molecule has 0 aliphatic rings. The quantitative estimate of drug-likeness (QED) is 0.888. The minimum absolute atomic E-state index is 0.214. The molecular weight excluding hydrogens is 295 g/mol. The molecule has 7 heteroatoms. The zero-order valence-corrected chi connectivity index (χ0v) is 13.3. The van der Waals surface area contributed by atoms with Gasteiger partial charge in [-0.3, -0.25) is 0 Å². The van der Waals surface area contributed by atoms with E-state index in [1.807, 2.05) is 25.9 Å². The second-order valence-corrected chi connectivity index (χ2v) is 6.62. The summed E-state index contributed by atoms with van der Waals surface area (Å²) >= 11 is 3.05. The summed E-state index contributed by atoms with van der Waals surface area (Å²) in [6.07, 6.45) is 0. The molecule has 108 valence electrons. The molecule has 0 atom stereocenters. The van der Waals surface area contributed by atoms with Crippen LogP contribution in [-0.2, 0) is 6.54 Å². The molecule has 0 fully saturated rings. The van der Waals surface area contributed by atoms with Crippen LogP contribution in [0.1, 0.15) is 12.5 Å². The Morgan fingerprint density at radius 1 is 1.35 bits per heavy atom. The number of nitrogens with one attached hydrogen (secondary N) is 1. The largest absolute Gasteiger partial charge is 0.353 e. The third-order valence-electron chi connectivity index (χ3n) is 2.56. The average Bonchev–Trinajstić information content (AvgIpc) is 2.88. The smallest absolute Gasteiger partial charge is 0.208 e. The van der Waals surface area contributed by atoms with E-state index in [-0.39, 0.29) is 5.82 Å². The minimum atomic E-state index is -0.214. The van der Waals surface area contributed by atoms with Crippen molar-refractivity contribution in [3.05, 3.63) is 29.6 Å². The molecule has 1 aromatic heterocycles. The number of benzene rings is 1. The first-order chi connectivity index (χ1) is 9.60. The molecule has 0 spiro atoms. The van der Waals surface area contributed by atoms with Crippen molar-refractivity contribution in [2.24, 2.45) is 0 Å². The van der Waals surface area contributed by atoms with Gasteiger partial charge in [-0.15, -0.1) is 10.2 Å². The Balaban J connectivity index is 2.18. The van der Waals surface area contributed by atoms with Crippen molar-refractivity contribution < 1.29 is 4.39 Å². The average molecular weight is 312 g/mol. The van der Waals surface area contributed by atoms with Gasteiger partial charge in [-0.1, -0.05) is 30.0 Å². The van der Waals surface area contributed by atoms with Gasteiger partial charge >= 0.3 is 0 Å². The van der Waals surface area contributed by atoms with E-state index in [4.69, 9.17) is 0 Å². The van der Waals surface area contributed by atoms with Crippen molar-refractivity contribution in [3.8, 4) is 0 Å². The molecule has 0 saturated carbocycles. The van der Waals surface area contributed by atoms with Crippen LogP contribution in [0, 0.1) is 5.82 Å². The normalized spacial score (nSPS) is 10.8. The van der Waals surface area contributed by atoms with Crippen LogP contribution < -0.4 is 10.2 Å². The predicted octanol–water partition coefficient (Wildman–Crippen LogP) is 3.00. The Bertz CT molecular complexity index is 571. The van der Waals surface area contributed by atoms with E-state index in [1.54, 1.807) is 12.1 Å². The standard InChI is InChI=1S/C13H17FN4S2/c1-4-15-8-9-7-10(14)5-6-11(9)19-13-17-16-12(20-13)18(2)3/h5-7,15H,4,8H2,1-3H3. The lowest BCUT2D eigenvalue weighted by molar-refractivity contribution is 0.619. The van der Waals surface area contributed by atoms with Gasteiger partial charge in [0.05, 0.1) is 0 Å². The highest BCUT2D eigenvalue weighted by molar-refractivity contribution is 8.01. The fourth-order valence-corrected chi connectivity index (χ4v) is 3.39. The van der Waals surface area contributed by atoms with Crippen molar-refractivity contribution >= 4 is 28.2 Å². The summed E-state index contributed by atoms with van der Waals surface area (Å²) < 4.78 is 14.2. The van der Waals surface area contributed by atoms with Crippen molar-refractivity contribution in [1.29, 1.82) is 0 Å². The second-order valence-electron chi connectivity index (χ2n) is 4.38. The van der Waals surface area contributed by atoms with Crippen molar-refractivity contribution in [2.75, 3.05) is 25.5 Å². The van der Waals surface area contributed by atoms with Crippen LogP contribution in [0.4, 0.5) is 9.52 Å². The second kappa shape index (κ2) is 7.01. The molecule has 20 heavy (non-hydrogen) atoms. The third-order valence-corrected chi connectivity index (χ3v) is 4.82. The molecule has 0 unspecified atom stereocenters. The molecule has 1 heterocycles. The Morgan fingerprint density at radius 3 is 2.80 bits per heavy atom. The van der Waals surface area contributed by atoms with Gasteiger partial charge in [0.2, 0.25) is 5.13 Å². The SMILES string of the molecule is CCNCc1cc(F)ccc1Sc1nnc(N(C)C)s1. The predicted molar refractivity (Wildman–Crippen MR) is 82.1 cm³/mol. The highest BCUT2D eigenvalue weighted by Crippen LogP contribution is 2.34. The van der Waals surface area contributed by atoms with Crippen LogP contribution >= 0.6 is 23.1 Å². The molecular formula is C13H17FN4S2. The van der Waals surface area contributed by atoms with Crippen LogP contribution in [-0.4, -0.2) is 30.8 Å². The van der Waals surface area contributed by atoms with Crippen LogP contribution in [0.5, 0.6) is 0 Å². The van der Waals surface area contributed by atoms with Crippen LogP contribution in [0.25, 0.3) is 0 Å². The van der Waals surface area contributed by atoms with Gasteiger partial charge in [0.15, 0.2) is 4.34 Å². The Labute approximate surface area is 126 Å². The van der Waals surface area contributed by atoms with E-state index < -0.39 is 0 Å². The Kier molecular flexibility index (Phi) is 5.33. The molecule has 0 aliphatic carbocycles. The topological polar surface area (TPSA) is 41.1 Å². The number of aromatic nitrogens is 2. The van der Waals surface area contributed by atoms with Crippen LogP contribution in [0.3, 0.4) is 0 Å². The first-order valence-corrected chi connectivity index (χ1v) is 7.91. The van der Waals surface area contributed by atoms with Gasteiger partial charge in [-0.25, -0.2) is 4.39 Å². The van der Waals surface area contributed by atoms with Gasteiger partial charge in [-0.2, -0.15) is 0 Å². The number of anilines is 1. The summed E-state index contributed by atoms with van der Waals surface area (Å²) in [7, 11) is 3.87. The molecule has 1 N–H and O–H groups in total. The maximum absolute atomic E-state index is 13.4. The van der Waals surface area contributed by atoms with E-state index in [0.29, 0.717) is 6.54 Å². The third kappa shape index (κ3) is 3.91. The van der Waals surface area contributed by atoms with Crippen molar-refractivity contribution in [3.63, 3.8) is 0 Å². The summed E-state index contributed by atoms with van der Waals surface area (Å²) in [5.74, 6) is -0.214. The number of rotatable bonds is 6. The molecule has 1 aromatic carbocycles. The molecule has 0 amide bonds. The Morgan fingerprint density at radius 2 is 2.15 bits per heavy atom. The van der Waals surface area contributed by atoms with Gasteiger partial charge in [-0.05, 0) is 30.3 Å². The highest BCUT2D eigenvalue weighted by atomic mass is 32.2. The van der Waals surface area contributed by atoms with Gasteiger partial charge in [0.1, 0.15) is 5.82 Å². The lowest BCUT2D eigenvalue weighted by atomic mass is 10.2. The van der Waals surface area contributed by atoms with Crippen LogP contribution in [0.2, 0.25) is 0 Å². The number of nitrogens with zero attached hydrogens (tertiary/aromatic N) is 3. The molecule has 2 aromatic rings. The highest BCUT2D eigenvalue weighted by Gasteiger charge is 2.11. The van der Waals surface area contributed by atoms with Gasteiger partial charge < -0.3 is 10.2 Å². The molecule has 4 nitrogen and oxygen atoms in total. The number of hydrogen-bond acceptors (Lipinski definition) is 6. The fraction of sp³-hybridized carbons (Fsp3) is 0.385. The number of hydrogen-bond donors (Lipinski definition) is 1. The van der Waals surface area contributed by atoms with E-state index >= 15 is 0 Å². The summed E-state index contributed by atoms with van der Waals surface area (Å²) in [4.78, 5) is 2.93. The summed E-state index contributed by atoms with van der Waals surface area (Å²) in [6, 6.07) is 4.84. The molecule has 0 saturated heterocycles. The van der Waals surface area contributed by atoms with E-state index in [2.05, 4.69) is 15.5 Å². The van der Waals surface area contributed by atoms with Crippen molar-refractivity contribution in [2.45, 2.75) is 22.7 Å². The fourth-order valence-electron chi connectivity index (χ4n) is 1.56. The van der Waals surface area contributed by atoms with Gasteiger partial charge in [0, 0.05) is 25.5 Å². The lowest BCUT2D eigenvalue weighted by Gasteiger charge is -2.08. The molecule has 2 rings (SSSR count). The monoisotopic (exact) mass is 312 g/mol. The van der Waals surface area contributed by atoms with E-state index in [0.717, 1.165) is 26.5 Å². The minimum Gasteiger partial charge on any atom is -0.353 e. The first-order valence-electron chi connectivity index (χ1n) is 6.28. The molecule has 0 aliphatic heterocycles.